The Bertz CT molecular complexity index is 344. The zero-order valence-electron chi connectivity index (χ0n) is 18.2. The largest absolute Gasteiger partial charge is 0.0654 e. The van der Waals surface area contributed by atoms with Crippen molar-refractivity contribution >= 4 is 0 Å². The maximum Gasteiger partial charge on any atom is -0.0349 e. The van der Waals surface area contributed by atoms with Crippen molar-refractivity contribution in [3.63, 3.8) is 0 Å². The highest BCUT2D eigenvalue weighted by atomic mass is 14.6. The molecule has 2 fully saturated rings. The Morgan fingerprint density at radius 1 is 0.720 bits per heavy atom. The van der Waals surface area contributed by atoms with Crippen LogP contribution in [0.4, 0.5) is 0 Å². The van der Waals surface area contributed by atoms with Crippen molar-refractivity contribution in [3.8, 4) is 0 Å². The standard InChI is InChI=1S/C25H48/c1-6-9-14-20(16-12-11-13-19(4)5)24-18-25(24)22(8-3)23-17-21(23)15-10-7-2/h19-25H,6-18H2,1-5H3. The molecular formula is C25H48. The lowest BCUT2D eigenvalue weighted by Crippen LogP contribution is -2.12. The minimum atomic E-state index is 0.891. The molecule has 6 unspecified atom stereocenters. The van der Waals surface area contributed by atoms with Gasteiger partial charge in [-0.15, -0.1) is 0 Å². The average Bonchev–Trinajstić information content (AvgIpc) is 3.50. The molecule has 0 amide bonds. The van der Waals surface area contributed by atoms with Crippen LogP contribution >= 0.6 is 0 Å². The van der Waals surface area contributed by atoms with Crippen LogP contribution in [0, 0.1) is 41.4 Å². The van der Waals surface area contributed by atoms with Gasteiger partial charge < -0.3 is 0 Å². The van der Waals surface area contributed by atoms with Crippen molar-refractivity contribution < 1.29 is 0 Å². The van der Waals surface area contributed by atoms with Gasteiger partial charge in [0.1, 0.15) is 0 Å². The zero-order valence-corrected chi connectivity index (χ0v) is 18.2. The van der Waals surface area contributed by atoms with Gasteiger partial charge in [0.05, 0.1) is 0 Å². The van der Waals surface area contributed by atoms with Crippen molar-refractivity contribution in [1.82, 2.24) is 0 Å². The Hall–Kier alpha value is 0. The van der Waals surface area contributed by atoms with E-state index in [4.69, 9.17) is 0 Å². The molecule has 25 heavy (non-hydrogen) atoms. The van der Waals surface area contributed by atoms with Crippen LogP contribution in [-0.4, -0.2) is 0 Å². The van der Waals surface area contributed by atoms with Gasteiger partial charge in [0.15, 0.2) is 0 Å². The molecule has 0 heteroatoms. The highest BCUT2D eigenvalue weighted by Gasteiger charge is 2.53. The van der Waals surface area contributed by atoms with Crippen LogP contribution < -0.4 is 0 Å². The van der Waals surface area contributed by atoms with E-state index in [1.54, 1.807) is 12.8 Å². The molecular weight excluding hydrogens is 300 g/mol. The van der Waals surface area contributed by atoms with Crippen LogP contribution in [0.25, 0.3) is 0 Å². The average molecular weight is 349 g/mol. The van der Waals surface area contributed by atoms with E-state index >= 15 is 0 Å². The Balaban J connectivity index is 1.77. The quantitative estimate of drug-likeness (QED) is 0.260. The lowest BCUT2D eigenvalue weighted by atomic mass is 9.85. The first-order valence-corrected chi connectivity index (χ1v) is 12.1. The summed E-state index contributed by atoms with van der Waals surface area (Å²) in [5, 5.41) is 0. The molecule has 0 N–H and O–H groups in total. The highest BCUT2D eigenvalue weighted by molar-refractivity contribution is 5.02. The molecule has 148 valence electrons. The van der Waals surface area contributed by atoms with Gasteiger partial charge in [0.2, 0.25) is 0 Å². The van der Waals surface area contributed by atoms with Gasteiger partial charge in [-0.2, -0.15) is 0 Å². The normalized spacial score (nSPS) is 30.5. The van der Waals surface area contributed by atoms with Crippen molar-refractivity contribution in [2.45, 2.75) is 118 Å². The Labute approximate surface area is 159 Å². The summed E-state index contributed by atoms with van der Waals surface area (Å²) < 4.78 is 0. The molecule has 0 aromatic heterocycles. The van der Waals surface area contributed by atoms with E-state index in [0.29, 0.717) is 0 Å². The molecule has 2 aliphatic rings. The zero-order chi connectivity index (χ0) is 18.2. The molecule has 0 aromatic rings. The van der Waals surface area contributed by atoms with E-state index in [1.807, 2.05) is 0 Å². The molecule has 2 aliphatic carbocycles. The van der Waals surface area contributed by atoms with Crippen molar-refractivity contribution in [2.24, 2.45) is 41.4 Å². The Morgan fingerprint density at radius 3 is 2.04 bits per heavy atom. The lowest BCUT2D eigenvalue weighted by Gasteiger charge is -2.21. The third-order valence-corrected chi connectivity index (χ3v) is 7.51. The first-order valence-electron chi connectivity index (χ1n) is 12.1. The van der Waals surface area contributed by atoms with E-state index in [9.17, 15) is 0 Å². The predicted octanol–water partition coefficient (Wildman–Crippen LogP) is 8.50. The van der Waals surface area contributed by atoms with E-state index in [0.717, 1.165) is 41.4 Å². The summed E-state index contributed by atoms with van der Waals surface area (Å²) in [6.45, 7) is 12.0. The SMILES string of the molecule is CCCCC1CC1C(CC)C1CC1C(CCCC)CCCCC(C)C. The fourth-order valence-corrected chi connectivity index (χ4v) is 5.78. The van der Waals surface area contributed by atoms with Crippen LogP contribution in [-0.2, 0) is 0 Å². The van der Waals surface area contributed by atoms with Gasteiger partial charge in [0, 0.05) is 0 Å². The van der Waals surface area contributed by atoms with E-state index in [-0.39, 0.29) is 0 Å². The molecule has 6 atom stereocenters. The second-order valence-electron chi connectivity index (χ2n) is 10.0. The summed E-state index contributed by atoms with van der Waals surface area (Å²) in [4.78, 5) is 0. The molecule has 0 saturated heterocycles. The first-order chi connectivity index (χ1) is 12.1. The Morgan fingerprint density at radius 2 is 1.40 bits per heavy atom. The maximum absolute atomic E-state index is 2.49. The Kier molecular flexibility index (Phi) is 9.36. The van der Waals surface area contributed by atoms with Gasteiger partial charge in [0.25, 0.3) is 0 Å². The van der Waals surface area contributed by atoms with Crippen molar-refractivity contribution in [3.05, 3.63) is 0 Å². The molecule has 0 radical (unpaired) electrons. The van der Waals surface area contributed by atoms with Gasteiger partial charge >= 0.3 is 0 Å². The van der Waals surface area contributed by atoms with Crippen molar-refractivity contribution in [1.29, 1.82) is 0 Å². The van der Waals surface area contributed by atoms with E-state index in [2.05, 4.69) is 34.6 Å². The monoisotopic (exact) mass is 348 g/mol. The minimum absolute atomic E-state index is 0.891. The molecule has 0 heterocycles. The fourth-order valence-electron chi connectivity index (χ4n) is 5.78. The van der Waals surface area contributed by atoms with Crippen LogP contribution in [0.3, 0.4) is 0 Å². The minimum Gasteiger partial charge on any atom is -0.0654 e. The second-order valence-corrected chi connectivity index (χ2v) is 10.0. The summed E-state index contributed by atoms with van der Waals surface area (Å²) in [7, 11) is 0. The summed E-state index contributed by atoms with van der Waals surface area (Å²) in [5.74, 6) is 7.52. The second kappa shape index (κ2) is 11.0. The molecule has 2 saturated carbocycles. The summed E-state index contributed by atoms with van der Waals surface area (Å²) in [5.41, 5.74) is 0. The number of hydrogen-bond acceptors (Lipinski definition) is 0. The molecule has 0 bridgehead atoms. The molecule has 0 spiro atoms. The molecule has 0 aromatic carbocycles. The molecule has 0 aliphatic heterocycles. The van der Waals surface area contributed by atoms with Crippen LogP contribution in [0.5, 0.6) is 0 Å². The number of rotatable bonds is 15. The third kappa shape index (κ3) is 6.91. The number of unbranched alkanes of at least 4 members (excludes halogenated alkanes) is 3. The van der Waals surface area contributed by atoms with Gasteiger partial charge in [-0.25, -0.2) is 0 Å². The van der Waals surface area contributed by atoms with Crippen molar-refractivity contribution in [2.75, 3.05) is 0 Å². The van der Waals surface area contributed by atoms with Crippen LogP contribution in [0.1, 0.15) is 118 Å². The molecule has 2 rings (SSSR count). The highest BCUT2D eigenvalue weighted by Crippen LogP contribution is 2.60. The van der Waals surface area contributed by atoms with Crippen LogP contribution in [0.2, 0.25) is 0 Å². The predicted molar refractivity (Wildman–Crippen MR) is 113 cm³/mol. The van der Waals surface area contributed by atoms with E-state index in [1.165, 1.54) is 70.6 Å². The van der Waals surface area contributed by atoms with E-state index < -0.39 is 0 Å². The lowest BCUT2D eigenvalue weighted by molar-refractivity contribution is 0.291. The third-order valence-electron chi connectivity index (χ3n) is 7.51. The fraction of sp³-hybridized carbons (Fsp3) is 1.00. The summed E-state index contributed by atoms with van der Waals surface area (Å²) in [6.07, 6.45) is 19.3. The van der Waals surface area contributed by atoms with Gasteiger partial charge in [-0.1, -0.05) is 105 Å². The van der Waals surface area contributed by atoms with Gasteiger partial charge in [-0.3, -0.25) is 0 Å². The van der Waals surface area contributed by atoms with Gasteiger partial charge in [-0.05, 0) is 54.3 Å². The first kappa shape index (κ1) is 21.3. The smallest absolute Gasteiger partial charge is 0.0349 e. The molecule has 0 nitrogen and oxygen atoms in total. The number of hydrogen-bond donors (Lipinski definition) is 0. The van der Waals surface area contributed by atoms with Crippen LogP contribution in [0.15, 0.2) is 0 Å². The summed E-state index contributed by atoms with van der Waals surface area (Å²) in [6, 6.07) is 0. The topological polar surface area (TPSA) is 0 Å². The summed E-state index contributed by atoms with van der Waals surface area (Å²) >= 11 is 0. The maximum atomic E-state index is 2.49.